The maximum absolute atomic E-state index is 6.46. The van der Waals surface area contributed by atoms with Crippen LogP contribution in [0.5, 0.6) is 0 Å². The second kappa shape index (κ2) is 31.3. The predicted molar refractivity (Wildman–Crippen MR) is 178 cm³/mol. The molecule has 0 atom stereocenters. The van der Waals surface area contributed by atoms with Gasteiger partial charge in [-0.3, -0.25) is 0 Å². The summed E-state index contributed by atoms with van der Waals surface area (Å²) in [6, 6.07) is 0.870. The summed E-state index contributed by atoms with van der Waals surface area (Å²) in [7, 11) is -2.59. The first-order chi connectivity index (χ1) is 19.2. The third-order valence-corrected chi connectivity index (χ3v) is 11.1. The molecule has 4 nitrogen and oxygen atoms in total. The molecule has 0 bridgehead atoms. The second-order valence-corrected chi connectivity index (χ2v) is 14.6. The first kappa shape index (κ1) is 39.4. The van der Waals surface area contributed by atoms with Crippen LogP contribution in [0.3, 0.4) is 0 Å². The van der Waals surface area contributed by atoms with Gasteiger partial charge < -0.3 is 18.2 Å². The number of thiol groups is 1. The Kier molecular flexibility index (Phi) is 31.7. The molecule has 236 valence electrons. The fourth-order valence-electron chi connectivity index (χ4n) is 5.39. The van der Waals surface area contributed by atoms with E-state index in [1.807, 2.05) is 13.8 Å². The van der Waals surface area contributed by atoms with Crippen molar-refractivity contribution in [1.82, 2.24) is 4.90 Å². The summed E-state index contributed by atoms with van der Waals surface area (Å²) in [5, 5.41) is 0. The topological polar surface area (TPSA) is 30.9 Å². The van der Waals surface area contributed by atoms with Gasteiger partial charge in [0.05, 0.1) is 6.61 Å². The molecule has 0 fully saturated rings. The Morgan fingerprint density at radius 2 is 0.846 bits per heavy atom. The zero-order valence-electron chi connectivity index (χ0n) is 27.1. The minimum Gasteiger partial charge on any atom is -0.374 e. The zero-order chi connectivity index (χ0) is 28.7. The van der Waals surface area contributed by atoms with Gasteiger partial charge in [-0.15, -0.1) is 0 Å². The number of hydrogen-bond acceptors (Lipinski definition) is 5. The molecule has 0 aromatic heterocycles. The molecule has 39 heavy (non-hydrogen) atoms. The van der Waals surface area contributed by atoms with Crippen LogP contribution in [0.2, 0.25) is 6.04 Å². The van der Waals surface area contributed by atoms with Crippen LogP contribution in [0.4, 0.5) is 0 Å². The minimum atomic E-state index is -2.59. The third-order valence-electron chi connectivity index (χ3n) is 7.75. The Labute approximate surface area is 252 Å². The molecule has 0 aliphatic carbocycles. The van der Waals surface area contributed by atoms with Gasteiger partial charge in [0.1, 0.15) is 0 Å². The third kappa shape index (κ3) is 25.8. The van der Waals surface area contributed by atoms with E-state index in [1.165, 1.54) is 142 Å². The lowest BCUT2D eigenvalue weighted by atomic mass is 10.1. The van der Waals surface area contributed by atoms with Crippen molar-refractivity contribution in [3.63, 3.8) is 0 Å². The fraction of sp³-hybridized carbons (Fsp3) is 1.00. The Bertz CT molecular complexity index is 442. The molecule has 0 unspecified atom stereocenters. The highest BCUT2D eigenvalue weighted by molar-refractivity contribution is 7.80. The second-order valence-electron chi connectivity index (χ2n) is 11.4. The molecule has 0 aromatic rings. The van der Waals surface area contributed by atoms with E-state index in [4.69, 9.17) is 13.3 Å². The average molecular weight is 590 g/mol. The molecule has 0 saturated carbocycles. The van der Waals surface area contributed by atoms with Crippen LogP contribution in [0.25, 0.3) is 0 Å². The summed E-state index contributed by atoms with van der Waals surface area (Å²) >= 11 is 4.42. The van der Waals surface area contributed by atoms with Crippen molar-refractivity contribution in [3.05, 3.63) is 0 Å². The van der Waals surface area contributed by atoms with Crippen LogP contribution in [0.1, 0.15) is 163 Å². The first-order valence-electron chi connectivity index (χ1n) is 17.4. The van der Waals surface area contributed by atoms with Gasteiger partial charge >= 0.3 is 8.80 Å². The SMILES string of the molecule is CCCCCCCCCCCCN(CCCCCCCCCCCC)CCO[Si](CCCS)(OCC)OCC. The molecule has 6 heteroatoms. The van der Waals surface area contributed by atoms with E-state index in [0.29, 0.717) is 19.8 Å². The molecule has 0 heterocycles. The average Bonchev–Trinajstić information content (AvgIpc) is 2.93. The van der Waals surface area contributed by atoms with Gasteiger partial charge in [0.15, 0.2) is 0 Å². The van der Waals surface area contributed by atoms with E-state index in [9.17, 15) is 0 Å². The van der Waals surface area contributed by atoms with E-state index in [2.05, 4.69) is 31.4 Å². The van der Waals surface area contributed by atoms with Gasteiger partial charge in [-0.25, -0.2) is 0 Å². The molecule has 0 spiro atoms. The van der Waals surface area contributed by atoms with Crippen molar-refractivity contribution in [1.29, 1.82) is 0 Å². The molecular weight excluding hydrogens is 519 g/mol. The quantitative estimate of drug-likeness (QED) is 0.0468. The van der Waals surface area contributed by atoms with Crippen molar-refractivity contribution in [2.75, 3.05) is 45.2 Å². The lowest BCUT2D eigenvalue weighted by molar-refractivity contribution is 0.0578. The normalized spacial score (nSPS) is 12.2. The van der Waals surface area contributed by atoms with Crippen LogP contribution >= 0.6 is 12.6 Å². The number of nitrogens with zero attached hydrogens (tertiary/aromatic N) is 1. The summed E-state index contributed by atoms with van der Waals surface area (Å²) in [5.41, 5.74) is 0. The Balaban J connectivity index is 4.43. The van der Waals surface area contributed by atoms with Gasteiger partial charge in [-0.05, 0) is 52.0 Å². The molecule has 0 radical (unpaired) electrons. The molecule has 0 N–H and O–H groups in total. The largest absolute Gasteiger partial charge is 0.501 e. The number of rotatable bonds is 33. The summed E-state index contributed by atoms with van der Waals surface area (Å²) < 4.78 is 18.7. The Morgan fingerprint density at radius 1 is 0.462 bits per heavy atom. The van der Waals surface area contributed by atoms with Crippen molar-refractivity contribution >= 4 is 21.4 Å². The van der Waals surface area contributed by atoms with Gasteiger partial charge in [0, 0.05) is 25.8 Å². The summed E-state index contributed by atoms with van der Waals surface area (Å²) in [4.78, 5) is 2.66. The lowest BCUT2D eigenvalue weighted by Crippen LogP contribution is -2.47. The van der Waals surface area contributed by atoms with Crippen molar-refractivity contribution < 1.29 is 13.3 Å². The lowest BCUT2D eigenvalue weighted by Gasteiger charge is -2.30. The highest BCUT2D eigenvalue weighted by Gasteiger charge is 2.39. The molecule has 0 aliphatic heterocycles. The number of unbranched alkanes of at least 4 members (excludes halogenated alkanes) is 18. The highest BCUT2D eigenvalue weighted by Crippen LogP contribution is 2.19. The number of hydrogen-bond donors (Lipinski definition) is 1. The maximum Gasteiger partial charge on any atom is 0.501 e. The van der Waals surface area contributed by atoms with E-state index in [-0.39, 0.29) is 0 Å². The maximum atomic E-state index is 6.46. The minimum absolute atomic E-state index is 0.652. The van der Waals surface area contributed by atoms with Crippen LogP contribution in [-0.2, 0) is 13.3 Å². The Hall–Kier alpha value is 0.407. The zero-order valence-corrected chi connectivity index (χ0v) is 29.0. The fourth-order valence-corrected chi connectivity index (χ4v) is 8.42. The smallest absolute Gasteiger partial charge is 0.374 e. The molecule has 0 amide bonds. The van der Waals surface area contributed by atoms with Crippen LogP contribution in [0, 0.1) is 0 Å². The van der Waals surface area contributed by atoms with E-state index in [1.54, 1.807) is 0 Å². The van der Waals surface area contributed by atoms with E-state index < -0.39 is 8.80 Å². The van der Waals surface area contributed by atoms with E-state index in [0.717, 1.165) is 24.8 Å². The van der Waals surface area contributed by atoms with Gasteiger partial charge in [-0.2, -0.15) is 12.6 Å². The summed E-state index contributed by atoms with van der Waals surface area (Å²) in [5.74, 6) is 0.849. The van der Waals surface area contributed by atoms with Crippen molar-refractivity contribution in [2.24, 2.45) is 0 Å². The van der Waals surface area contributed by atoms with Crippen LogP contribution < -0.4 is 0 Å². The van der Waals surface area contributed by atoms with Gasteiger partial charge in [0.2, 0.25) is 0 Å². The summed E-state index contributed by atoms with van der Waals surface area (Å²) in [6.45, 7) is 14.1. The van der Waals surface area contributed by atoms with Crippen LogP contribution in [-0.4, -0.2) is 58.9 Å². The van der Waals surface area contributed by atoms with Crippen LogP contribution in [0.15, 0.2) is 0 Å². The Morgan fingerprint density at radius 3 is 1.21 bits per heavy atom. The first-order valence-corrected chi connectivity index (χ1v) is 20.0. The van der Waals surface area contributed by atoms with Crippen molar-refractivity contribution in [3.8, 4) is 0 Å². The summed E-state index contributed by atoms with van der Waals surface area (Å²) in [6.07, 6.45) is 28.9. The van der Waals surface area contributed by atoms with Crippen molar-refractivity contribution in [2.45, 2.75) is 169 Å². The molecular formula is C33H71NO3SSi. The highest BCUT2D eigenvalue weighted by atomic mass is 32.1. The van der Waals surface area contributed by atoms with Gasteiger partial charge in [-0.1, -0.05) is 129 Å². The van der Waals surface area contributed by atoms with E-state index >= 15 is 0 Å². The molecule has 0 aromatic carbocycles. The molecule has 0 aliphatic rings. The van der Waals surface area contributed by atoms with Gasteiger partial charge in [0.25, 0.3) is 0 Å². The molecule has 0 saturated heterocycles. The standard InChI is InChI=1S/C33H71NO3SSi/c1-5-9-11-13-15-17-19-21-23-25-28-34(29-26-24-22-20-18-16-14-12-10-6-2)30-31-37-39(35-7-3,36-8-4)33-27-32-38/h38H,5-33H2,1-4H3. The monoisotopic (exact) mass is 589 g/mol. The molecule has 0 rings (SSSR count). The predicted octanol–water partition coefficient (Wildman–Crippen LogP) is 10.5.